The molecule has 0 spiro atoms. The Balaban J connectivity index is 1.88. The molecule has 4 heteroatoms. The maximum atomic E-state index is 13.6. The van der Waals surface area contributed by atoms with Gasteiger partial charge in [0.15, 0.2) is 0 Å². The van der Waals surface area contributed by atoms with E-state index in [1.165, 1.54) is 17.7 Å². The van der Waals surface area contributed by atoms with Crippen LogP contribution in [-0.4, -0.2) is 12.5 Å². The van der Waals surface area contributed by atoms with Gasteiger partial charge in [-0.05, 0) is 36.1 Å². The highest BCUT2D eigenvalue weighted by molar-refractivity contribution is 9.10. The van der Waals surface area contributed by atoms with E-state index in [0.29, 0.717) is 16.9 Å². The Bertz CT molecular complexity index is 615. The van der Waals surface area contributed by atoms with Gasteiger partial charge in [-0.2, -0.15) is 0 Å². The van der Waals surface area contributed by atoms with E-state index >= 15 is 0 Å². The van der Waals surface area contributed by atoms with Crippen molar-refractivity contribution in [2.24, 2.45) is 0 Å². The van der Waals surface area contributed by atoms with Crippen molar-refractivity contribution in [1.82, 2.24) is 5.32 Å². The minimum Gasteiger partial charge on any atom is -0.352 e. The molecule has 1 amide bonds. The van der Waals surface area contributed by atoms with E-state index in [2.05, 4.69) is 40.3 Å². The summed E-state index contributed by atoms with van der Waals surface area (Å²) in [4.78, 5) is 12.0. The summed E-state index contributed by atoms with van der Waals surface area (Å²) in [5, 5.41) is 2.77. The quantitative estimate of drug-likeness (QED) is 0.845. The van der Waals surface area contributed by atoms with Crippen LogP contribution >= 0.6 is 15.9 Å². The maximum absolute atomic E-state index is 13.6. The van der Waals surface area contributed by atoms with E-state index in [1.54, 1.807) is 6.07 Å². The summed E-state index contributed by atoms with van der Waals surface area (Å²) in [6.45, 7) is 2.63. The lowest BCUT2D eigenvalue weighted by molar-refractivity contribution is 0.0948. The first-order valence-corrected chi connectivity index (χ1v) is 7.65. The van der Waals surface area contributed by atoms with Gasteiger partial charge in [0.2, 0.25) is 0 Å². The maximum Gasteiger partial charge on any atom is 0.254 e. The molecule has 0 saturated heterocycles. The van der Waals surface area contributed by atoms with Crippen LogP contribution in [0.5, 0.6) is 0 Å². The molecule has 0 heterocycles. The Labute approximate surface area is 132 Å². The highest BCUT2D eigenvalue weighted by atomic mass is 79.9. The van der Waals surface area contributed by atoms with Crippen molar-refractivity contribution in [2.75, 3.05) is 6.54 Å². The molecule has 1 atom stereocenters. The number of hydrogen-bond donors (Lipinski definition) is 1. The first kappa shape index (κ1) is 15.7. The smallest absolute Gasteiger partial charge is 0.254 e. The zero-order valence-corrected chi connectivity index (χ0v) is 13.4. The van der Waals surface area contributed by atoms with Crippen LogP contribution in [0.3, 0.4) is 0 Å². The molecule has 0 aliphatic rings. The van der Waals surface area contributed by atoms with Gasteiger partial charge >= 0.3 is 0 Å². The van der Waals surface area contributed by atoms with Gasteiger partial charge in [0, 0.05) is 11.0 Å². The summed E-state index contributed by atoms with van der Waals surface area (Å²) in [5.74, 6) is -0.542. The molecule has 2 nitrogen and oxygen atoms in total. The topological polar surface area (TPSA) is 29.1 Å². The Morgan fingerprint density at radius 2 is 1.95 bits per heavy atom. The first-order valence-electron chi connectivity index (χ1n) is 6.86. The van der Waals surface area contributed by atoms with Crippen LogP contribution in [0.25, 0.3) is 0 Å². The van der Waals surface area contributed by atoms with Crippen LogP contribution in [0, 0.1) is 5.82 Å². The van der Waals surface area contributed by atoms with Crippen LogP contribution in [0.15, 0.2) is 53.0 Å². The highest BCUT2D eigenvalue weighted by Crippen LogP contribution is 2.18. The standard InChI is InChI=1S/C17H17BrFNO/c1-12(13-5-3-2-4-6-13)9-10-20-17(21)15-11-14(18)7-8-16(15)19/h2-8,11-12H,9-10H2,1H3,(H,20,21). The van der Waals surface area contributed by atoms with Gasteiger partial charge in [-0.3, -0.25) is 4.79 Å². The lowest BCUT2D eigenvalue weighted by atomic mass is 9.98. The van der Waals surface area contributed by atoms with Gasteiger partial charge in [0.1, 0.15) is 5.82 Å². The summed E-state index contributed by atoms with van der Waals surface area (Å²) in [7, 11) is 0. The number of carbonyl (C=O) groups excluding carboxylic acids is 1. The molecule has 1 N–H and O–H groups in total. The van der Waals surface area contributed by atoms with E-state index in [4.69, 9.17) is 0 Å². The third kappa shape index (κ3) is 4.39. The average molecular weight is 350 g/mol. The van der Waals surface area contributed by atoms with Crippen molar-refractivity contribution >= 4 is 21.8 Å². The summed E-state index contributed by atoms with van der Waals surface area (Å²) in [6, 6.07) is 14.5. The van der Waals surface area contributed by atoms with Crippen LogP contribution in [-0.2, 0) is 0 Å². The van der Waals surface area contributed by atoms with Crippen LogP contribution in [0.4, 0.5) is 4.39 Å². The molecule has 0 aliphatic heterocycles. The van der Waals surface area contributed by atoms with Gasteiger partial charge in [-0.15, -0.1) is 0 Å². The molecule has 2 aromatic carbocycles. The predicted octanol–water partition coefficient (Wildman–Crippen LogP) is 4.51. The Kier molecular flexibility index (Phi) is 5.51. The number of amides is 1. The lowest BCUT2D eigenvalue weighted by Gasteiger charge is -2.12. The van der Waals surface area contributed by atoms with Gasteiger partial charge in [0.25, 0.3) is 5.91 Å². The van der Waals surface area contributed by atoms with Crippen molar-refractivity contribution in [3.63, 3.8) is 0 Å². The van der Waals surface area contributed by atoms with E-state index in [-0.39, 0.29) is 11.5 Å². The Hall–Kier alpha value is -1.68. The predicted molar refractivity (Wildman–Crippen MR) is 85.9 cm³/mol. The number of rotatable bonds is 5. The molecule has 2 aromatic rings. The summed E-state index contributed by atoms with van der Waals surface area (Å²) >= 11 is 3.24. The Morgan fingerprint density at radius 1 is 1.24 bits per heavy atom. The molecule has 0 saturated carbocycles. The summed E-state index contributed by atoms with van der Waals surface area (Å²) < 4.78 is 14.3. The second-order valence-electron chi connectivity index (χ2n) is 4.98. The number of nitrogens with one attached hydrogen (secondary N) is 1. The van der Waals surface area contributed by atoms with Gasteiger partial charge < -0.3 is 5.32 Å². The number of hydrogen-bond acceptors (Lipinski definition) is 1. The van der Waals surface area contributed by atoms with Crippen LogP contribution < -0.4 is 5.32 Å². The largest absolute Gasteiger partial charge is 0.352 e. The molecule has 110 valence electrons. The minimum absolute atomic E-state index is 0.0664. The highest BCUT2D eigenvalue weighted by Gasteiger charge is 2.12. The van der Waals surface area contributed by atoms with E-state index < -0.39 is 5.82 Å². The zero-order valence-electron chi connectivity index (χ0n) is 11.8. The fourth-order valence-electron chi connectivity index (χ4n) is 2.12. The Morgan fingerprint density at radius 3 is 2.67 bits per heavy atom. The third-order valence-corrected chi connectivity index (χ3v) is 3.90. The molecule has 0 bridgehead atoms. The number of carbonyl (C=O) groups is 1. The normalized spacial score (nSPS) is 12.0. The first-order chi connectivity index (χ1) is 10.1. The minimum atomic E-state index is -0.508. The molecule has 2 rings (SSSR count). The van der Waals surface area contributed by atoms with Gasteiger partial charge in [-0.1, -0.05) is 53.2 Å². The molecular formula is C17H17BrFNO. The summed E-state index contributed by atoms with van der Waals surface area (Å²) in [5.41, 5.74) is 1.30. The zero-order chi connectivity index (χ0) is 15.2. The number of halogens is 2. The lowest BCUT2D eigenvalue weighted by Crippen LogP contribution is -2.26. The third-order valence-electron chi connectivity index (χ3n) is 3.40. The van der Waals surface area contributed by atoms with Crippen molar-refractivity contribution in [3.8, 4) is 0 Å². The van der Waals surface area contributed by atoms with Crippen molar-refractivity contribution in [1.29, 1.82) is 0 Å². The molecule has 1 unspecified atom stereocenters. The van der Waals surface area contributed by atoms with Crippen LogP contribution in [0.2, 0.25) is 0 Å². The second kappa shape index (κ2) is 7.36. The van der Waals surface area contributed by atoms with Crippen molar-refractivity contribution in [2.45, 2.75) is 19.3 Å². The summed E-state index contributed by atoms with van der Waals surface area (Å²) in [6.07, 6.45) is 0.811. The van der Waals surface area contributed by atoms with Crippen LogP contribution in [0.1, 0.15) is 35.2 Å². The van der Waals surface area contributed by atoms with E-state index in [9.17, 15) is 9.18 Å². The molecule has 0 fully saturated rings. The molecule has 0 radical (unpaired) electrons. The molecule has 0 aromatic heterocycles. The van der Waals surface area contributed by atoms with E-state index in [0.717, 1.165) is 6.42 Å². The second-order valence-corrected chi connectivity index (χ2v) is 5.90. The van der Waals surface area contributed by atoms with Gasteiger partial charge in [0.05, 0.1) is 5.56 Å². The fraction of sp³-hybridized carbons (Fsp3) is 0.235. The van der Waals surface area contributed by atoms with Crippen molar-refractivity contribution < 1.29 is 9.18 Å². The molecule has 21 heavy (non-hydrogen) atoms. The fourth-order valence-corrected chi connectivity index (χ4v) is 2.48. The molecular weight excluding hydrogens is 333 g/mol. The SMILES string of the molecule is CC(CCNC(=O)c1cc(Br)ccc1F)c1ccccc1. The van der Waals surface area contributed by atoms with Crippen molar-refractivity contribution in [3.05, 3.63) is 69.9 Å². The van der Waals surface area contributed by atoms with Gasteiger partial charge in [-0.25, -0.2) is 4.39 Å². The number of benzene rings is 2. The van der Waals surface area contributed by atoms with E-state index in [1.807, 2.05) is 18.2 Å². The monoisotopic (exact) mass is 349 g/mol. The average Bonchev–Trinajstić information content (AvgIpc) is 2.50. The molecule has 0 aliphatic carbocycles.